The number of likely N-dealkylation sites (tertiary alicyclic amines) is 1. The molecule has 13 nitrogen and oxygen atoms in total. The SMILES string of the molecule is Cc1ccnc(NC[C@@H]2C[C@@H](OCC(=O)NC[C@H](NS(=O)(=O)c3c(C)cc(C)cc3C)C(=O)O)CN2C(=O)NC2CCCCC2)c1. The Bertz CT molecular complexity index is 1490. The van der Waals surface area contributed by atoms with E-state index in [2.05, 4.69) is 25.7 Å². The van der Waals surface area contributed by atoms with E-state index in [1.54, 1.807) is 37.1 Å². The molecular formula is C32H46N6O7S. The first-order valence-electron chi connectivity index (χ1n) is 15.8. The van der Waals surface area contributed by atoms with Crippen LogP contribution in [0.25, 0.3) is 0 Å². The molecule has 1 aliphatic heterocycles. The quantitative estimate of drug-likeness (QED) is 0.216. The number of aromatic nitrogens is 1. The maximum Gasteiger partial charge on any atom is 0.323 e. The van der Waals surface area contributed by atoms with Crippen LogP contribution in [0.1, 0.15) is 60.8 Å². The van der Waals surface area contributed by atoms with E-state index in [1.807, 2.05) is 26.0 Å². The van der Waals surface area contributed by atoms with Crippen molar-refractivity contribution in [3.63, 3.8) is 0 Å². The third-order valence-corrected chi connectivity index (χ3v) is 10.2. The Kier molecular flexibility index (Phi) is 12.0. The van der Waals surface area contributed by atoms with Gasteiger partial charge in [0.2, 0.25) is 15.9 Å². The van der Waals surface area contributed by atoms with Crippen molar-refractivity contribution in [3.05, 3.63) is 52.7 Å². The number of carbonyl (C=O) groups excluding carboxylic acids is 2. The molecule has 2 aromatic rings. The van der Waals surface area contributed by atoms with Gasteiger partial charge in [-0.05, 0) is 75.8 Å². The number of aliphatic carboxylic acids is 1. The summed E-state index contributed by atoms with van der Waals surface area (Å²) in [5, 5.41) is 18.6. The van der Waals surface area contributed by atoms with Gasteiger partial charge >= 0.3 is 12.0 Å². The lowest BCUT2D eigenvalue weighted by Crippen LogP contribution is -2.49. The smallest absolute Gasteiger partial charge is 0.323 e. The third-order valence-electron chi connectivity index (χ3n) is 8.43. The summed E-state index contributed by atoms with van der Waals surface area (Å²) in [6, 6.07) is 5.41. The van der Waals surface area contributed by atoms with Crippen molar-refractivity contribution in [1.82, 2.24) is 25.2 Å². The number of urea groups is 1. The second-order valence-corrected chi connectivity index (χ2v) is 14.1. The van der Waals surface area contributed by atoms with Crippen molar-refractivity contribution in [2.24, 2.45) is 0 Å². The highest BCUT2D eigenvalue weighted by molar-refractivity contribution is 7.89. The molecule has 5 N–H and O–H groups in total. The van der Waals surface area contributed by atoms with Crippen LogP contribution in [-0.4, -0.2) is 91.8 Å². The average molecular weight is 659 g/mol. The van der Waals surface area contributed by atoms with Gasteiger partial charge in [-0.2, -0.15) is 4.72 Å². The Labute approximate surface area is 270 Å². The molecule has 1 aliphatic carbocycles. The van der Waals surface area contributed by atoms with Gasteiger partial charge in [-0.25, -0.2) is 18.2 Å². The van der Waals surface area contributed by atoms with Gasteiger partial charge in [0.05, 0.1) is 17.0 Å². The maximum absolute atomic E-state index is 13.3. The summed E-state index contributed by atoms with van der Waals surface area (Å²) in [7, 11) is -4.18. The highest BCUT2D eigenvalue weighted by Crippen LogP contribution is 2.24. The molecule has 0 unspecified atom stereocenters. The number of hydrogen-bond acceptors (Lipinski definition) is 8. The number of benzene rings is 1. The fourth-order valence-electron chi connectivity index (χ4n) is 6.27. The minimum Gasteiger partial charge on any atom is -0.480 e. The second kappa shape index (κ2) is 15.7. The van der Waals surface area contributed by atoms with Crippen molar-refractivity contribution in [3.8, 4) is 0 Å². The topological polar surface area (TPSA) is 179 Å². The van der Waals surface area contributed by atoms with Crippen LogP contribution in [0, 0.1) is 27.7 Å². The molecule has 0 bridgehead atoms. The largest absolute Gasteiger partial charge is 0.480 e. The normalized spacial score (nSPS) is 19.4. The number of nitrogens with zero attached hydrogens (tertiary/aromatic N) is 2. The minimum atomic E-state index is -4.18. The highest BCUT2D eigenvalue weighted by atomic mass is 32.2. The van der Waals surface area contributed by atoms with Gasteiger partial charge in [0, 0.05) is 31.9 Å². The number of anilines is 1. The summed E-state index contributed by atoms with van der Waals surface area (Å²) in [6.07, 6.45) is 7.03. The van der Waals surface area contributed by atoms with Crippen LogP contribution < -0.4 is 20.7 Å². The maximum atomic E-state index is 13.3. The zero-order chi connectivity index (χ0) is 33.4. The predicted molar refractivity (Wildman–Crippen MR) is 173 cm³/mol. The summed E-state index contributed by atoms with van der Waals surface area (Å²) < 4.78 is 34.3. The molecule has 2 fully saturated rings. The molecule has 4 rings (SSSR count). The fourth-order valence-corrected chi connectivity index (χ4v) is 7.92. The Balaban J connectivity index is 1.33. The summed E-state index contributed by atoms with van der Waals surface area (Å²) in [6.45, 7) is 6.99. The lowest BCUT2D eigenvalue weighted by atomic mass is 9.96. The summed E-state index contributed by atoms with van der Waals surface area (Å²) in [5.41, 5.74) is 2.93. The molecule has 2 heterocycles. The number of carbonyl (C=O) groups is 3. The van der Waals surface area contributed by atoms with Gasteiger partial charge < -0.3 is 30.7 Å². The summed E-state index contributed by atoms with van der Waals surface area (Å²) >= 11 is 0. The first-order chi connectivity index (χ1) is 21.8. The summed E-state index contributed by atoms with van der Waals surface area (Å²) in [4.78, 5) is 44.0. The van der Waals surface area contributed by atoms with Crippen molar-refractivity contribution in [1.29, 1.82) is 0 Å². The molecule has 3 atom stereocenters. The van der Waals surface area contributed by atoms with E-state index in [9.17, 15) is 27.9 Å². The molecule has 1 saturated carbocycles. The molecule has 0 spiro atoms. The van der Waals surface area contributed by atoms with Crippen LogP contribution in [0.3, 0.4) is 0 Å². The zero-order valence-corrected chi connectivity index (χ0v) is 27.8. The zero-order valence-electron chi connectivity index (χ0n) is 27.0. The predicted octanol–water partition coefficient (Wildman–Crippen LogP) is 2.78. The molecule has 2 aliphatic rings. The van der Waals surface area contributed by atoms with Crippen LogP contribution in [0.4, 0.5) is 10.6 Å². The van der Waals surface area contributed by atoms with Crippen molar-refractivity contribution >= 4 is 33.7 Å². The van der Waals surface area contributed by atoms with Gasteiger partial charge in [-0.1, -0.05) is 37.0 Å². The number of aryl methyl sites for hydroxylation is 4. The Morgan fingerprint density at radius 2 is 1.74 bits per heavy atom. The number of rotatable bonds is 13. The van der Waals surface area contributed by atoms with Gasteiger partial charge in [-0.15, -0.1) is 0 Å². The lowest BCUT2D eigenvalue weighted by molar-refractivity contribution is -0.139. The first kappa shape index (κ1) is 35.1. The molecule has 3 amide bonds. The fraction of sp³-hybridized carbons (Fsp3) is 0.562. The van der Waals surface area contributed by atoms with Gasteiger partial charge in [0.15, 0.2) is 0 Å². The Morgan fingerprint density at radius 1 is 1.04 bits per heavy atom. The van der Waals surface area contributed by atoms with E-state index >= 15 is 0 Å². The van der Waals surface area contributed by atoms with Crippen molar-refractivity contribution in [2.75, 3.05) is 31.6 Å². The van der Waals surface area contributed by atoms with Crippen molar-refractivity contribution < 1.29 is 32.6 Å². The number of carboxylic acid groups (broad SMARTS) is 1. The molecule has 1 saturated heterocycles. The highest BCUT2D eigenvalue weighted by Gasteiger charge is 2.37. The molecule has 1 aromatic carbocycles. The molecule has 46 heavy (non-hydrogen) atoms. The molecule has 0 radical (unpaired) electrons. The first-order valence-corrected chi connectivity index (χ1v) is 17.3. The summed E-state index contributed by atoms with van der Waals surface area (Å²) in [5.74, 6) is -1.33. The van der Waals surface area contributed by atoms with E-state index < -0.39 is 40.6 Å². The number of nitrogens with one attached hydrogen (secondary N) is 4. The van der Waals surface area contributed by atoms with E-state index in [0.29, 0.717) is 29.9 Å². The molecular weight excluding hydrogens is 612 g/mol. The van der Waals surface area contributed by atoms with E-state index in [0.717, 1.165) is 36.8 Å². The lowest BCUT2D eigenvalue weighted by Gasteiger charge is -2.29. The van der Waals surface area contributed by atoms with E-state index in [-0.39, 0.29) is 36.2 Å². The van der Waals surface area contributed by atoms with Gasteiger partial charge in [0.25, 0.3) is 0 Å². The molecule has 252 valence electrons. The van der Waals surface area contributed by atoms with Gasteiger partial charge in [0.1, 0.15) is 18.5 Å². The number of hydrogen-bond donors (Lipinski definition) is 5. The van der Waals surface area contributed by atoms with E-state index in [4.69, 9.17) is 4.74 Å². The van der Waals surface area contributed by atoms with Gasteiger partial charge in [-0.3, -0.25) is 9.59 Å². The standard InChI is InChI=1S/C32H46N6O7S/c1-20-10-11-33-28(14-20)34-16-25-15-26(18-38(25)32(42)36-24-8-6-5-7-9-24)45-19-29(39)35-17-27(31(40)41)37-46(43,44)30-22(3)12-21(2)13-23(30)4/h10-14,24-27,37H,5-9,15-19H2,1-4H3,(H,33,34)(H,35,39)(H,36,42)(H,40,41)/t25-,26+,27-/m0/s1. The average Bonchev–Trinajstić information content (AvgIpc) is 3.40. The number of ether oxygens (including phenoxy) is 1. The van der Waals surface area contributed by atoms with Crippen LogP contribution in [-0.2, 0) is 24.3 Å². The van der Waals surface area contributed by atoms with Crippen LogP contribution in [0.15, 0.2) is 35.4 Å². The monoisotopic (exact) mass is 658 g/mol. The number of carboxylic acids is 1. The Hall–Kier alpha value is -3.75. The number of amides is 3. The Morgan fingerprint density at radius 3 is 2.39 bits per heavy atom. The number of sulfonamides is 1. The molecule has 1 aromatic heterocycles. The van der Waals surface area contributed by atoms with Crippen molar-refractivity contribution in [2.45, 2.75) is 95.3 Å². The second-order valence-electron chi connectivity index (χ2n) is 12.4. The van der Waals surface area contributed by atoms with Crippen LogP contribution in [0.2, 0.25) is 0 Å². The third kappa shape index (κ3) is 9.63. The van der Waals surface area contributed by atoms with Crippen LogP contribution >= 0.6 is 0 Å². The number of pyridine rings is 1. The minimum absolute atomic E-state index is 0.0135. The van der Waals surface area contributed by atoms with E-state index in [1.165, 1.54) is 6.42 Å². The van der Waals surface area contributed by atoms with Crippen LogP contribution in [0.5, 0.6) is 0 Å². The molecule has 14 heteroatoms.